The van der Waals surface area contributed by atoms with Crippen LogP contribution < -0.4 is 10.6 Å². The van der Waals surface area contributed by atoms with Crippen molar-refractivity contribution in [1.82, 2.24) is 15.5 Å². The Morgan fingerprint density at radius 2 is 1.92 bits per heavy atom. The highest BCUT2D eigenvalue weighted by atomic mass is 127. The Labute approximate surface area is 174 Å². The molecule has 1 heterocycles. The van der Waals surface area contributed by atoms with Crippen molar-refractivity contribution in [2.75, 3.05) is 27.2 Å². The summed E-state index contributed by atoms with van der Waals surface area (Å²) in [7, 11) is 3.41. The highest BCUT2D eigenvalue weighted by molar-refractivity contribution is 14.0. The minimum Gasteiger partial charge on any atom is -0.356 e. The molecule has 142 valence electrons. The van der Waals surface area contributed by atoms with Crippen molar-refractivity contribution in [2.45, 2.75) is 13.0 Å². The molecule has 26 heavy (non-hydrogen) atoms. The summed E-state index contributed by atoms with van der Waals surface area (Å²) in [5.41, 5.74) is 1.04. The second kappa shape index (κ2) is 11.8. The van der Waals surface area contributed by atoms with Crippen LogP contribution in [0, 0.1) is 5.82 Å². The SMILES string of the molecule is CN(C)C(=O)CN=C(NCCc1ccc(F)cc1)NCc1cccs1.I. The lowest BCUT2D eigenvalue weighted by Gasteiger charge is -2.13. The van der Waals surface area contributed by atoms with E-state index >= 15 is 0 Å². The van der Waals surface area contributed by atoms with Crippen molar-refractivity contribution in [3.63, 3.8) is 0 Å². The Balaban J connectivity index is 0.00000338. The third-order valence-corrected chi connectivity index (χ3v) is 4.38. The van der Waals surface area contributed by atoms with Gasteiger partial charge in [0.05, 0.1) is 6.54 Å². The van der Waals surface area contributed by atoms with Gasteiger partial charge in [0.2, 0.25) is 5.91 Å². The zero-order valence-electron chi connectivity index (χ0n) is 14.9. The Hall–Kier alpha value is -1.68. The summed E-state index contributed by atoms with van der Waals surface area (Å²) in [6.45, 7) is 1.37. The Morgan fingerprint density at radius 1 is 1.19 bits per heavy atom. The van der Waals surface area contributed by atoms with Crippen molar-refractivity contribution in [3.8, 4) is 0 Å². The number of amides is 1. The molecule has 2 N–H and O–H groups in total. The van der Waals surface area contributed by atoms with Crippen LogP contribution >= 0.6 is 35.3 Å². The molecule has 5 nitrogen and oxygen atoms in total. The van der Waals surface area contributed by atoms with E-state index in [1.165, 1.54) is 21.9 Å². The lowest BCUT2D eigenvalue weighted by atomic mass is 10.1. The number of hydrogen-bond donors (Lipinski definition) is 2. The van der Waals surface area contributed by atoms with E-state index in [9.17, 15) is 9.18 Å². The lowest BCUT2D eigenvalue weighted by molar-refractivity contribution is -0.127. The molecule has 0 spiro atoms. The molecule has 0 radical (unpaired) electrons. The molecule has 0 atom stereocenters. The Morgan fingerprint density at radius 3 is 2.54 bits per heavy atom. The lowest BCUT2D eigenvalue weighted by Crippen LogP contribution is -2.39. The van der Waals surface area contributed by atoms with Crippen LogP contribution in [-0.4, -0.2) is 44.0 Å². The molecule has 8 heteroatoms. The number of carbonyl (C=O) groups is 1. The summed E-state index contributed by atoms with van der Waals surface area (Å²) in [5.74, 6) is 0.292. The molecule has 0 saturated carbocycles. The number of rotatable bonds is 7. The minimum atomic E-state index is -0.237. The number of nitrogens with one attached hydrogen (secondary N) is 2. The molecule has 0 aliphatic rings. The Kier molecular flexibility index (Phi) is 10.2. The third kappa shape index (κ3) is 8.13. The highest BCUT2D eigenvalue weighted by Crippen LogP contribution is 2.07. The molecule has 0 fully saturated rings. The monoisotopic (exact) mass is 490 g/mol. The molecular weight excluding hydrogens is 466 g/mol. The first kappa shape index (κ1) is 22.4. The first-order valence-corrected chi connectivity index (χ1v) is 8.91. The molecule has 2 rings (SSSR count). The van der Waals surface area contributed by atoms with Crippen LogP contribution in [0.1, 0.15) is 10.4 Å². The van der Waals surface area contributed by atoms with Crippen LogP contribution in [0.2, 0.25) is 0 Å². The van der Waals surface area contributed by atoms with Gasteiger partial charge in [0.15, 0.2) is 5.96 Å². The predicted octanol–water partition coefficient (Wildman–Crippen LogP) is 2.87. The molecule has 2 aromatic rings. The first-order chi connectivity index (χ1) is 12.0. The van der Waals surface area contributed by atoms with Gasteiger partial charge < -0.3 is 15.5 Å². The number of carbonyl (C=O) groups excluding carboxylic acids is 1. The number of benzene rings is 1. The Bertz CT molecular complexity index is 690. The molecule has 1 aromatic heterocycles. The van der Waals surface area contributed by atoms with Gasteiger partial charge in [-0.2, -0.15) is 0 Å². The molecule has 0 aliphatic carbocycles. The average molecular weight is 490 g/mol. The van der Waals surface area contributed by atoms with Crippen molar-refractivity contribution < 1.29 is 9.18 Å². The quantitative estimate of drug-likeness (QED) is 0.357. The van der Waals surface area contributed by atoms with Crippen molar-refractivity contribution in [3.05, 3.63) is 58.0 Å². The fourth-order valence-corrected chi connectivity index (χ4v) is 2.67. The number of thiophene rings is 1. The second-order valence-corrected chi connectivity index (χ2v) is 6.72. The van der Waals surface area contributed by atoms with Crippen molar-refractivity contribution in [2.24, 2.45) is 4.99 Å². The molecule has 1 aromatic carbocycles. The molecule has 0 unspecified atom stereocenters. The van der Waals surface area contributed by atoms with Crippen LogP contribution in [0.5, 0.6) is 0 Å². The minimum absolute atomic E-state index is 0. The number of guanidine groups is 1. The number of hydrogen-bond acceptors (Lipinski definition) is 3. The van der Waals surface area contributed by atoms with Crippen LogP contribution in [0.15, 0.2) is 46.8 Å². The van der Waals surface area contributed by atoms with Crippen LogP contribution in [0.4, 0.5) is 4.39 Å². The molecule has 0 bridgehead atoms. The van der Waals surface area contributed by atoms with E-state index in [1.54, 1.807) is 37.6 Å². The summed E-state index contributed by atoms with van der Waals surface area (Å²) >= 11 is 1.66. The fourth-order valence-electron chi connectivity index (χ4n) is 2.02. The zero-order chi connectivity index (χ0) is 18.1. The average Bonchev–Trinajstić information content (AvgIpc) is 3.11. The molecular formula is C18H24FIN4OS. The summed E-state index contributed by atoms with van der Waals surface area (Å²) in [5, 5.41) is 8.47. The van der Waals surface area contributed by atoms with Crippen LogP contribution in [-0.2, 0) is 17.8 Å². The van der Waals surface area contributed by atoms with Crippen molar-refractivity contribution in [1.29, 1.82) is 0 Å². The van der Waals surface area contributed by atoms with E-state index < -0.39 is 0 Å². The molecule has 1 amide bonds. The summed E-state index contributed by atoms with van der Waals surface area (Å²) < 4.78 is 12.9. The second-order valence-electron chi connectivity index (χ2n) is 5.69. The van der Waals surface area contributed by atoms with Gasteiger partial charge in [-0.3, -0.25) is 4.79 Å². The van der Waals surface area contributed by atoms with Crippen LogP contribution in [0.25, 0.3) is 0 Å². The number of aliphatic imine (C=N–C) groups is 1. The third-order valence-electron chi connectivity index (χ3n) is 3.50. The van der Waals surface area contributed by atoms with Gasteiger partial charge in [0.25, 0.3) is 0 Å². The van der Waals surface area contributed by atoms with E-state index in [0.717, 1.165) is 12.0 Å². The normalized spacial score (nSPS) is 10.8. The van der Waals surface area contributed by atoms with E-state index in [-0.39, 0.29) is 42.2 Å². The van der Waals surface area contributed by atoms with E-state index in [1.807, 2.05) is 17.5 Å². The first-order valence-electron chi connectivity index (χ1n) is 8.04. The number of nitrogens with zero attached hydrogens (tertiary/aromatic N) is 2. The van der Waals surface area contributed by atoms with Gasteiger partial charge in [-0.15, -0.1) is 35.3 Å². The van der Waals surface area contributed by atoms with Crippen molar-refractivity contribution >= 4 is 47.2 Å². The summed E-state index contributed by atoms with van der Waals surface area (Å²) in [4.78, 5) is 18.8. The largest absolute Gasteiger partial charge is 0.356 e. The van der Waals surface area contributed by atoms with Gasteiger partial charge in [0.1, 0.15) is 12.4 Å². The zero-order valence-corrected chi connectivity index (χ0v) is 18.0. The topological polar surface area (TPSA) is 56.7 Å². The van der Waals surface area contributed by atoms with E-state index in [4.69, 9.17) is 0 Å². The maximum Gasteiger partial charge on any atom is 0.243 e. The van der Waals surface area contributed by atoms with E-state index in [2.05, 4.69) is 15.6 Å². The fraction of sp³-hybridized carbons (Fsp3) is 0.333. The van der Waals surface area contributed by atoms with E-state index in [0.29, 0.717) is 19.0 Å². The highest BCUT2D eigenvalue weighted by Gasteiger charge is 2.05. The standard InChI is InChI=1S/C18H23FN4OS.HI/c1-23(2)17(24)13-22-18(21-12-16-4-3-11-25-16)20-10-9-14-5-7-15(19)8-6-14;/h3-8,11H,9-10,12-13H2,1-2H3,(H2,20,21,22);1H. The van der Waals surface area contributed by atoms with Gasteiger partial charge in [0, 0.05) is 25.5 Å². The summed E-state index contributed by atoms with van der Waals surface area (Å²) in [6.07, 6.45) is 0.738. The number of halogens is 2. The van der Waals surface area contributed by atoms with Gasteiger partial charge >= 0.3 is 0 Å². The maximum absolute atomic E-state index is 12.9. The molecule has 0 aliphatic heterocycles. The summed E-state index contributed by atoms with van der Waals surface area (Å²) in [6, 6.07) is 10.5. The van der Waals surface area contributed by atoms with Crippen LogP contribution in [0.3, 0.4) is 0 Å². The number of likely N-dealkylation sites (N-methyl/N-ethyl adjacent to an activating group) is 1. The predicted molar refractivity (Wildman–Crippen MR) is 116 cm³/mol. The van der Waals surface area contributed by atoms with Gasteiger partial charge in [-0.25, -0.2) is 9.38 Å². The maximum atomic E-state index is 12.9. The smallest absolute Gasteiger partial charge is 0.243 e. The van der Waals surface area contributed by atoms with Gasteiger partial charge in [-0.1, -0.05) is 18.2 Å². The van der Waals surface area contributed by atoms with Gasteiger partial charge in [-0.05, 0) is 35.6 Å². The molecule has 0 saturated heterocycles.